The van der Waals surface area contributed by atoms with Gasteiger partial charge in [-0.15, -0.1) is 0 Å². The van der Waals surface area contributed by atoms with Crippen LogP contribution in [0.4, 0.5) is 11.4 Å². The van der Waals surface area contributed by atoms with Gasteiger partial charge in [-0.05, 0) is 98.5 Å². The van der Waals surface area contributed by atoms with Gasteiger partial charge < -0.3 is 4.90 Å². The molecule has 0 saturated heterocycles. The Morgan fingerprint density at radius 1 is 0.387 bits per heavy atom. The van der Waals surface area contributed by atoms with E-state index in [1.807, 2.05) is 12.1 Å². The van der Waals surface area contributed by atoms with E-state index in [0.717, 1.165) is 34.5 Å². The molecule has 1 spiro atoms. The molecule has 0 amide bonds. The van der Waals surface area contributed by atoms with Gasteiger partial charge in [0.1, 0.15) is 0 Å². The Bertz CT molecular complexity index is 3110. The van der Waals surface area contributed by atoms with Gasteiger partial charge in [-0.3, -0.25) is 0 Å². The molecule has 3 aliphatic rings. The van der Waals surface area contributed by atoms with Gasteiger partial charge in [0.25, 0.3) is 0 Å². The quantitative estimate of drug-likeness (QED) is 0.168. The van der Waals surface area contributed by atoms with Crippen molar-refractivity contribution in [2.45, 2.75) is 17.9 Å². The summed E-state index contributed by atoms with van der Waals surface area (Å²) in [5, 5.41) is 0. The molecule has 1 unspecified atom stereocenters. The largest absolute Gasteiger partial charge is 0.334 e. The van der Waals surface area contributed by atoms with E-state index < -0.39 is 5.41 Å². The Labute approximate surface area is 362 Å². The van der Waals surface area contributed by atoms with E-state index in [1.165, 1.54) is 67.0 Å². The van der Waals surface area contributed by atoms with Crippen molar-refractivity contribution in [2.24, 2.45) is 0 Å². The first kappa shape index (κ1) is 36.0. The van der Waals surface area contributed by atoms with Crippen LogP contribution in [0.15, 0.2) is 231 Å². The number of para-hydroxylation sites is 2. The molecule has 2 heterocycles. The number of allylic oxidation sites excluding steroid dienone is 2. The first-order valence-electron chi connectivity index (χ1n) is 21.5. The summed E-state index contributed by atoms with van der Waals surface area (Å²) in [5.41, 5.74) is 19.3. The third-order valence-electron chi connectivity index (χ3n) is 13.0. The minimum absolute atomic E-state index is 0.206. The highest BCUT2D eigenvalue weighted by atomic mass is 15.2. The molecule has 62 heavy (non-hydrogen) atoms. The third-order valence-corrected chi connectivity index (χ3v) is 13.0. The van der Waals surface area contributed by atoms with Gasteiger partial charge >= 0.3 is 0 Å². The number of hydrogen-bond donors (Lipinski definition) is 0. The summed E-state index contributed by atoms with van der Waals surface area (Å²) in [5.74, 6) is 0.710. The van der Waals surface area contributed by atoms with Crippen LogP contribution in [0.3, 0.4) is 0 Å². The van der Waals surface area contributed by atoms with Crippen molar-refractivity contribution in [1.82, 2.24) is 9.97 Å². The zero-order valence-electron chi connectivity index (χ0n) is 34.1. The summed E-state index contributed by atoms with van der Waals surface area (Å²) in [7, 11) is 0. The highest BCUT2D eigenvalue weighted by Gasteiger charge is 2.52. The second-order valence-corrected chi connectivity index (χ2v) is 16.4. The van der Waals surface area contributed by atoms with Gasteiger partial charge in [0.05, 0.1) is 22.8 Å². The molecule has 0 bridgehead atoms. The molecule has 0 radical (unpaired) electrons. The van der Waals surface area contributed by atoms with Crippen LogP contribution in [-0.2, 0) is 5.41 Å². The van der Waals surface area contributed by atoms with Crippen LogP contribution in [0.2, 0.25) is 0 Å². The van der Waals surface area contributed by atoms with E-state index in [2.05, 4.69) is 223 Å². The highest BCUT2D eigenvalue weighted by molar-refractivity contribution is 5.96. The lowest BCUT2D eigenvalue weighted by Gasteiger charge is -2.47. The first-order chi connectivity index (χ1) is 30.7. The van der Waals surface area contributed by atoms with Crippen LogP contribution in [0.25, 0.3) is 67.3 Å². The molecule has 292 valence electrons. The number of rotatable bonds is 6. The van der Waals surface area contributed by atoms with Crippen LogP contribution >= 0.6 is 0 Å². The Hall–Kier alpha value is -7.88. The number of anilines is 2. The average molecular weight is 792 g/mol. The smallest absolute Gasteiger partial charge is 0.160 e. The van der Waals surface area contributed by atoms with Gasteiger partial charge in [-0.1, -0.05) is 194 Å². The Morgan fingerprint density at radius 3 is 1.52 bits per heavy atom. The Kier molecular flexibility index (Phi) is 8.53. The second kappa shape index (κ2) is 14.7. The fourth-order valence-electron chi connectivity index (χ4n) is 10.2. The number of aromatic nitrogens is 2. The van der Waals surface area contributed by atoms with E-state index >= 15 is 0 Å². The average Bonchev–Trinajstić information content (AvgIpc) is 3.64. The summed E-state index contributed by atoms with van der Waals surface area (Å²) in [4.78, 5) is 13.0. The molecule has 1 aliphatic heterocycles. The summed E-state index contributed by atoms with van der Waals surface area (Å²) in [6.07, 6.45) is 9.94. The van der Waals surface area contributed by atoms with Gasteiger partial charge in [-0.2, -0.15) is 0 Å². The van der Waals surface area contributed by atoms with Crippen molar-refractivity contribution in [3.63, 3.8) is 0 Å². The van der Waals surface area contributed by atoms with Gasteiger partial charge in [0, 0.05) is 28.1 Å². The molecule has 2 aliphatic carbocycles. The van der Waals surface area contributed by atoms with Crippen molar-refractivity contribution in [3.8, 4) is 67.3 Å². The molecule has 1 atom stereocenters. The summed E-state index contributed by atoms with van der Waals surface area (Å²) in [6.45, 7) is 0. The molecular formula is C59H41N3. The lowest BCUT2D eigenvalue weighted by molar-refractivity contribution is 0.700. The highest BCUT2D eigenvalue weighted by Crippen LogP contribution is 2.63. The molecule has 8 aromatic carbocycles. The SMILES string of the molecule is C1=CCC(N2c3ccccc3C3(c4ccc(-c5cccc(-c6ccccc6)c5)cc4-c4cc(-c5cc(-c6ccccc6)nc(-c6ccccc6)n5)ccc43)c3ccccc32)C=C1. The zero-order valence-corrected chi connectivity index (χ0v) is 34.1. The molecule has 3 nitrogen and oxygen atoms in total. The molecular weight excluding hydrogens is 751 g/mol. The van der Waals surface area contributed by atoms with Crippen molar-refractivity contribution in [1.29, 1.82) is 0 Å². The number of nitrogens with zero attached hydrogens (tertiary/aromatic N) is 3. The van der Waals surface area contributed by atoms with Gasteiger partial charge in [-0.25, -0.2) is 9.97 Å². The molecule has 9 aromatic rings. The summed E-state index contributed by atoms with van der Waals surface area (Å²) in [6, 6.07) is 75.2. The molecule has 3 heteroatoms. The summed E-state index contributed by atoms with van der Waals surface area (Å²) >= 11 is 0. The van der Waals surface area contributed by atoms with Crippen molar-refractivity contribution in [2.75, 3.05) is 4.90 Å². The fraction of sp³-hybridized carbons (Fsp3) is 0.0508. The lowest BCUT2D eigenvalue weighted by Crippen LogP contribution is -2.41. The van der Waals surface area contributed by atoms with E-state index in [1.54, 1.807) is 0 Å². The molecule has 12 rings (SSSR count). The minimum atomic E-state index is -0.554. The van der Waals surface area contributed by atoms with Crippen LogP contribution in [0, 0.1) is 0 Å². The van der Waals surface area contributed by atoms with Crippen LogP contribution in [0.1, 0.15) is 28.7 Å². The minimum Gasteiger partial charge on any atom is -0.334 e. The van der Waals surface area contributed by atoms with Crippen LogP contribution < -0.4 is 4.90 Å². The molecule has 1 aromatic heterocycles. The zero-order chi connectivity index (χ0) is 41.0. The predicted octanol–water partition coefficient (Wildman–Crippen LogP) is 14.5. The van der Waals surface area contributed by atoms with Crippen molar-refractivity contribution >= 4 is 11.4 Å². The van der Waals surface area contributed by atoms with Crippen LogP contribution in [-0.4, -0.2) is 16.0 Å². The van der Waals surface area contributed by atoms with E-state index in [9.17, 15) is 0 Å². The van der Waals surface area contributed by atoms with E-state index in [4.69, 9.17) is 9.97 Å². The van der Waals surface area contributed by atoms with E-state index in [-0.39, 0.29) is 6.04 Å². The Balaban J connectivity index is 1.11. The molecule has 0 N–H and O–H groups in total. The topological polar surface area (TPSA) is 29.0 Å². The van der Waals surface area contributed by atoms with Gasteiger partial charge in [0.2, 0.25) is 0 Å². The fourth-order valence-corrected chi connectivity index (χ4v) is 10.2. The summed E-state index contributed by atoms with van der Waals surface area (Å²) < 4.78 is 0. The standard InChI is InChI=1S/C59H41N3/c1-5-18-40(19-6-1)43-24-17-25-44(36-43)45-32-34-50-48(37-45)49-38-46(55-39-54(41-20-7-2-8-21-41)60-58(61-55)42-22-9-3-10-23-42)33-35-51(49)59(50)52-28-13-15-30-56(52)62(47-26-11-4-12-27-47)57-31-16-14-29-53(57)59/h1-26,28-39,47H,27H2. The normalized spacial score (nSPS) is 15.2. The van der Waals surface area contributed by atoms with Crippen molar-refractivity contribution in [3.05, 3.63) is 253 Å². The molecule has 0 fully saturated rings. The monoisotopic (exact) mass is 791 g/mol. The molecule has 0 saturated carbocycles. The number of fused-ring (bicyclic) bond motifs is 9. The van der Waals surface area contributed by atoms with Crippen LogP contribution in [0.5, 0.6) is 0 Å². The third kappa shape index (κ3) is 5.73. The number of hydrogen-bond acceptors (Lipinski definition) is 3. The maximum Gasteiger partial charge on any atom is 0.160 e. The maximum atomic E-state index is 5.29. The second-order valence-electron chi connectivity index (χ2n) is 16.4. The van der Waals surface area contributed by atoms with Gasteiger partial charge in [0.15, 0.2) is 5.82 Å². The lowest BCUT2D eigenvalue weighted by atomic mass is 9.64. The Morgan fingerprint density at radius 2 is 0.887 bits per heavy atom. The first-order valence-corrected chi connectivity index (χ1v) is 21.5. The van der Waals surface area contributed by atoms with Crippen molar-refractivity contribution < 1.29 is 0 Å². The predicted molar refractivity (Wildman–Crippen MR) is 255 cm³/mol. The maximum absolute atomic E-state index is 5.29. The number of benzene rings is 8. The van der Waals surface area contributed by atoms with E-state index in [0.29, 0.717) is 5.82 Å².